The van der Waals surface area contributed by atoms with Crippen LogP contribution in [0.5, 0.6) is 0 Å². The molecule has 4 heteroatoms. The van der Waals surface area contributed by atoms with E-state index in [-0.39, 0.29) is 11.5 Å². The highest BCUT2D eigenvalue weighted by molar-refractivity contribution is 5.67. The zero-order valence-corrected chi connectivity index (χ0v) is 9.82. The number of rotatable bonds is 5. The summed E-state index contributed by atoms with van der Waals surface area (Å²) in [6, 6.07) is 9.63. The third kappa shape index (κ3) is 3.46. The van der Waals surface area contributed by atoms with Crippen LogP contribution in [0.1, 0.15) is 18.4 Å². The predicted octanol–water partition coefficient (Wildman–Crippen LogP) is 1.65. The van der Waals surface area contributed by atoms with Crippen LogP contribution in [0.25, 0.3) is 0 Å². The highest BCUT2D eigenvalue weighted by Gasteiger charge is 2.41. The first kappa shape index (κ1) is 11.9. The summed E-state index contributed by atoms with van der Waals surface area (Å²) >= 11 is 0. The molecule has 1 fully saturated rings. The summed E-state index contributed by atoms with van der Waals surface area (Å²) in [5, 5.41) is 2.77. The van der Waals surface area contributed by atoms with Gasteiger partial charge in [-0.2, -0.15) is 0 Å². The molecule has 1 amide bonds. The van der Waals surface area contributed by atoms with Crippen molar-refractivity contribution in [3.8, 4) is 0 Å². The van der Waals surface area contributed by atoms with Crippen molar-refractivity contribution in [2.75, 3.05) is 13.1 Å². The normalized spacial score (nSPS) is 16.3. The molecule has 0 aliphatic heterocycles. The average Bonchev–Trinajstić information content (AvgIpc) is 3.16. The van der Waals surface area contributed by atoms with Gasteiger partial charge in [0.2, 0.25) is 0 Å². The molecular formula is C13H18N2O2. The number of benzene rings is 1. The van der Waals surface area contributed by atoms with Gasteiger partial charge in [-0.25, -0.2) is 4.79 Å². The first-order valence-corrected chi connectivity index (χ1v) is 5.89. The molecule has 0 spiro atoms. The second-order valence-corrected chi connectivity index (χ2v) is 4.62. The van der Waals surface area contributed by atoms with Crippen LogP contribution in [0.4, 0.5) is 4.79 Å². The number of carbonyl (C=O) groups excluding carboxylic acids is 1. The van der Waals surface area contributed by atoms with Crippen molar-refractivity contribution in [3.05, 3.63) is 35.9 Å². The monoisotopic (exact) mass is 234 g/mol. The van der Waals surface area contributed by atoms with Crippen molar-refractivity contribution in [2.45, 2.75) is 19.4 Å². The van der Waals surface area contributed by atoms with E-state index < -0.39 is 0 Å². The molecule has 1 saturated carbocycles. The van der Waals surface area contributed by atoms with Crippen LogP contribution in [0.15, 0.2) is 30.3 Å². The standard InChI is InChI=1S/C13H18N2O2/c14-9-13(6-7-13)10-15-12(16)17-8-11-4-2-1-3-5-11/h1-5H,6-10,14H2,(H,15,16). The lowest BCUT2D eigenvalue weighted by Crippen LogP contribution is -2.34. The largest absolute Gasteiger partial charge is 0.445 e. The molecular weight excluding hydrogens is 216 g/mol. The summed E-state index contributed by atoms with van der Waals surface area (Å²) in [6.45, 7) is 1.56. The van der Waals surface area contributed by atoms with Crippen LogP contribution in [0, 0.1) is 5.41 Å². The Hall–Kier alpha value is -1.55. The number of carbonyl (C=O) groups is 1. The van der Waals surface area contributed by atoms with Gasteiger partial charge in [-0.3, -0.25) is 0 Å². The molecule has 17 heavy (non-hydrogen) atoms. The highest BCUT2D eigenvalue weighted by Crippen LogP contribution is 2.43. The number of hydrogen-bond donors (Lipinski definition) is 2. The Morgan fingerprint density at radius 1 is 1.35 bits per heavy atom. The van der Waals surface area contributed by atoms with Gasteiger partial charge in [-0.15, -0.1) is 0 Å². The van der Waals surface area contributed by atoms with Crippen molar-refractivity contribution >= 4 is 6.09 Å². The van der Waals surface area contributed by atoms with Gasteiger partial charge in [-0.1, -0.05) is 30.3 Å². The molecule has 1 aromatic carbocycles. The van der Waals surface area contributed by atoms with Crippen LogP contribution in [0.2, 0.25) is 0 Å². The lowest BCUT2D eigenvalue weighted by atomic mass is 10.1. The van der Waals surface area contributed by atoms with Crippen LogP contribution in [-0.2, 0) is 11.3 Å². The Balaban J connectivity index is 1.68. The Morgan fingerprint density at radius 2 is 2.06 bits per heavy atom. The minimum absolute atomic E-state index is 0.145. The molecule has 0 atom stereocenters. The number of ether oxygens (including phenoxy) is 1. The Kier molecular flexibility index (Phi) is 3.64. The van der Waals surface area contributed by atoms with Gasteiger partial charge in [0.25, 0.3) is 0 Å². The highest BCUT2D eigenvalue weighted by atomic mass is 16.5. The second-order valence-electron chi connectivity index (χ2n) is 4.62. The molecule has 1 aromatic rings. The first-order chi connectivity index (χ1) is 8.24. The molecule has 0 bridgehead atoms. The average molecular weight is 234 g/mol. The van der Waals surface area contributed by atoms with Crippen molar-refractivity contribution < 1.29 is 9.53 Å². The van der Waals surface area contributed by atoms with Gasteiger partial charge in [-0.05, 0) is 24.9 Å². The van der Waals surface area contributed by atoms with E-state index in [1.807, 2.05) is 30.3 Å². The number of nitrogens with one attached hydrogen (secondary N) is 1. The SMILES string of the molecule is NCC1(CNC(=O)OCc2ccccc2)CC1. The summed E-state index contributed by atoms with van der Waals surface area (Å²) in [5.41, 5.74) is 6.76. The number of hydrogen-bond acceptors (Lipinski definition) is 3. The topological polar surface area (TPSA) is 64.3 Å². The Bertz CT molecular complexity index is 374. The molecule has 4 nitrogen and oxygen atoms in total. The van der Waals surface area contributed by atoms with Crippen molar-refractivity contribution in [3.63, 3.8) is 0 Å². The van der Waals surface area contributed by atoms with Crippen LogP contribution in [0.3, 0.4) is 0 Å². The van der Waals surface area contributed by atoms with E-state index in [0.29, 0.717) is 19.7 Å². The zero-order valence-electron chi connectivity index (χ0n) is 9.82. The van der Waals surface area contributed by atoms with Gasteiger partial charge in [0.15, 0.2) is 0 Å². The molecule has 0 aromatic heterocycles. The van der Waals surface area contributed by atoms with Gasteiger partial charge < -0.3 is 15.8 Å². The molecule has 92 valence electrons. The summed E-state index contributed by atoms with van der Waals surface area (Å²) in [5.74, 6) is 0. The zero-order chi connectivity index (χ0) is 12.1. The van der Waals surface area contributed by atoms with E-state index >= 15 is 0 Å². The van der Waals surface area contributed by atoms with E-state index in [1.165, 1.54) is 0 Å². The maximum atomic E-state index is 11.4. The van der Waals surface area contributed by atoms with Gasteiger partial charge in [0.05, 0.1) is 0 Å². The van der Waals surface area contributed by atoms with E-state index in [9.17, 15) is 4.79 Å². The third-order valence-corrected chi connectivity index (χ3v) is 3.21. The van der Waals surface area contributed by atoms with Crippen molar-refractivity contribution in [1.29, 1.82) is 0 Å². The minimum atomic E-state index is -0.367. The van der Waals surface area contributed by atoms with Crippen molar-refractivity contribution in [2.24, 2.45) is 11.1 Å². The maximum absolute atomic E-state index is 11.4. The molecule has 1 aliphatic carbocycles. The fraction of sp³-hybridized carbons (Fsp3) is 0.462. The van der Waals surface area contributed by atoms with Crippen LogP contribution >= 0.6 is 0 Å². The lowest BCUT2D eigenvalue weighted by Gasteiger charge is -2.13. The first-order valence-electron chi connectivity index (χ1n) is 5.89. The van der Waals surface area contributed by atoms with Gasteiger partial charge >= 0.3 is 6.09 Å². The molecule has 0 radical (unpaired) electrons. The minimum Gasteiger partial charge on any atom is -0.445 e. The summed E-state index contributed by atoms with van der Waals surface area (Å²) in [7, 11) is 0. The van der Waals surface area contributed by atoms with Crippen LogP contribution in [-0.4, -0.2) is 19.2 Å². The molecule has 0 unspecified atom stereocenters. The van der Waals surface area contributed by atoms with E-state index in [0.717, 1.165) is 18.4 Å². The third-order valence-electron chi connectivity index (χ3n) is 3.21. The molecule has 0 saturated heterocycles. The fourth-order valence-electron chi connectivity index (χ4n) is 1.66. The molecule has 0 heterocycles. The van der Waals surface area contributed by atoms with E-state index in [2.05, 4.69) is 5.32 Å². The predicted molar refractivity (Wildman–Crippen MR) is 65.4 cm³/mol. The number of nitrogens with two attached hydrogens (primary N) is 1. The summed E-state index contributed by atoms with van der Waals surface area (Å²) < 4.78 is 5.10. The van der Waals surface area contributed by atoms with E-state index in [1.54, 1.807) is 0 Å². The lowest BCUT2D eigenvalue weighted by molar-refractivity contribution is 0.137. The van der Waals surface area contributed by atoms with Gasteiger partial charge in [0, 0.05) is 12.0 Å². The summed E-state index contributed by atoms with van der Waals surface area (Å²) in [6.07, 6.45) is 1.83. The van der Waals surface area contributed by atoms with Crippen LogP contribution < -0.4 is 11.1 Å². The number of alkyl carbamates (subject to hydrolysis) is 1. The Labute approximate surface area is 101 Å². The van der Waals surface area contributed by atoms with E-state index in [4.69, 9.17) is 10.5 Å². The molecule has 2 rings (SSSR count). The number of amides is 1. The fourth-order valence-corrected chi connectivity index (χ4v) is 1.66. The maximum Gasteiger partial charge on any atom is 0.407 e. The quantitative estimate of drug-likeness (QED) is 0.814. The Morgan fingerprint density at radius 3 is 2.65 bits per heavy atom. The molecule has 1 aliphatic rings. The smallest absolute Gasteiger partial charge is 0.407 e. The van der Waals surface area contributed by atoms with Gasteiger partial charge in [0.1, 0.15) is 6.61 Å². The van der Waals surface area contributed by atoms with Crippen molar-refractivity contribution in [1.82, 2.24) is 5.32 Å². The summed E-state index contributed by atoms with van der Waals surface area (Å²) in [4.78, 5) is 11.4. The second kappa shape index (κ2) is 5.19. The molecule has 3 N–H and O–H groups in total.